The van der Waals surface area contributed by atoms with Gasteiger partial charge in [0.2, 0.25) is 5.91 Å². The van der Waals surface area contributed by atoms with Gasteiger partial charge in [0.15, 0.2) is 0 Å². The SMILES string of the molecule is CC(C)NC(=O)CN[C@@H](CO)c1ccc(Cl)c(F)c1. The number of carbonyl (C=O) groups is 1. The molecule has 0 radical (unpaired) electrons. The van der Waals surface area contributed by atoms with E-state index >= 15 is 0 Å². The van der Waals surface area contributed by atoms with Crippen LogP contribution in [0, 0.1) is 5.82 Å². The van der Waals surface area contributed by atoms with E-state index in [4.69, 9.17) is 11.6 Å². The highest BCUT2D eigenvalue weighted by molar-refractivity contribution is 6.30. The van der Waals surface area contributed by atoms with Gasteiger partial charge in [0.1, 0.15) is 5.82 Å². The Morgan fingerprint density at radius 2 is 2.16 bits per heavy atom. The summed E-state index contributed by atoms with van der Waals surface area (Å²) in [6, 6.07) is 3.82. The molecule has 1 aromatic rings. The Balaban J connectivity index is 2.62. The van der Waals surface area contributed by atoms with E-state index in [9.17, 15) is 14.3 Å². The largest absolute Gasteiger partial charge is 0.394 e. The van der Waals surface area contributed by atoms with Crippen molar-refractivity contribution in [3.05, 3.63) is 34.6 Å². The standard InChI is InChI=1S/C13H18ClFN2O2/c1-8(2)17-13(19)6-16-12(7-18)9-3-4-10(14)11(15)5-9/h3-5,8,12,16,18H,6-7H2,1-2H3,(H,17,19)/t12-/m0/s1. The minimum absolute atomic E-state index is 0.0259. The molecule has 4 nitrogen and oxygen atoms in total. The molecule has 0 unspecified atom stereocenters. The summed E-state index contributed by atoms with van der Waals surface area (Å²) in [5, 5.41) is 14.9. The average Bonchev–Trinajstić information content (AvgIpc) is 2.33. The molecule has 3 N–H and O–H groups in total. The van der Waals surface area contributed by atoms with Crippen molar-refractivity contribution in [3.63, 3.8) is 0 Å². The van der Waals surface area contributed by atoms with Crippen LogP contribution in [0.15, 0.2) is 18.2 Å². The van der Waals surface area contributed by atoms with Gasteiger partial charge in [-0.2, -0.15) is 0 Å². The Labute approximate surface area is 117 Å². The zero-order chi connectivity index (χ0) is 14.4. The number of aliphatic hydroxyl groups excluding tert-OH is 1. The maximum absolute atomic E-state index is 13.3. The molecular formula is C13H18ClFN2O2. The summed E-state index contributed by atoms with van der Waals surface area (Å²) in [4.78, 5) is 11.5. The number of amides is 1. The van der Waals surface area contributed by atoms with Crippen LogP contribution >= 0.6 is 11.6 Å². The smallest absolute Gasteiger partial charge is 0.234 e. The first-order valence-electron chi connectivity index (χ1n) is 6.02. The van der Waals surface area contributed by atoms with Gasteiger partial charge in [-0.3, -0.25) is 10.1 Å². The van der Waals surface area contributed by atoms with Crippen LogP contribution in [0.2, 0.25) is 5.02 Å². The lowest BCUT2D eigenvalue weighted by molar-refractivity contribution is -0.120. The van der Waals surface area contributed by atoms with E-state index in [2.05, 4.69) is 10.6 Å². The van der Waals surface area contributed by atoms with Crippen molar-refractivity contribution in [2.24, 2.45) is 0 Å². The third-order valence-corrected chi connectivity index (χ3v) is 2.79. The van der Waals surface area contributed by atoms with E-state index in [0.29, 0.717) is 5.56 Å². The van der Waals surface area contributed by atoms with Crippen LogP contribution in [0.25, 0.3) is 0 Å². The van der Waals surface area contributed by atoms with Gasteiger partial charge in [0, 0.05) is 6.04 Å². The normalized spacial score (nSPS) is 12.5. The molecule has 0 aliphatic rings. The molecule has 0 bridgehead atoms. The van der Waals surface area contributed by atoms with E-state index in [-0.39, 0.29) is 30.1 Å². The van der Waals surface area contributed by atoms with E-state index in [1.54, 1.807) is 6.07 Å². The zero-order valence-corrected chi connectivity index (χ0v) is 11.7. The number of hydrogen-bond acceptors (Lipinski definition) is 3. The Morgan fingerprint density at radius 1 is 1.47 bits per heavy atom. The van der Waals surface area contributed by atoms with Gasteiger partial charge in [-0.1, -0.05) is 17.7 Å². The minimum atomic E-state index is -0.550. The molecule has 0 aromatic heterocycles. The van der Waals surface area contributed by atoms with Crippen molar-refractivity contribution in [2.45, 2.75) is 25.9 Å². The first kappa shape index (κ1) is 15.9. The molecule has 0 spiro atoms. The van der Waals surface area contributed by atoms with Crippen LogP contribution in [-0.4, -0.2) is 30.2 Å². The van der Waals surface area contributed by atoms with Crippen LogP contribution in [0.1, 0.15) is 25.5 Å². The van der Waals surface area contributed by atoms with E-state index in [0.717, 1.165) is 0 Å². The third kappa shape index (κ3) is 5.14. The van der Waals surface area contributed by atoms with Gasteiger partial charge in [-0.15, -0.1) is 0 Å². The van der Waals surface area contributed by atoms with Crippen LogP contribution < -0.4 is 10.6 Å². The Morgan fingerprint density at radius 3 is 2.68 bits per heavy atom. The number of rotatable bonds is 6. The molecule has 1 rings (SSSR count). The maximum atomic E-state index is 13.3. The first-order valence-corrected chi connectivity index (χ1v) is 6.40. The number of nitrogens with one attached hydrogen (secondary N) is 2. The molecule has 0 aliphatic carbocycles. The van der Waals surface area contributed by atoms with E-state index < -0.39 is 11.9 Å². The molecule has 1 atom stereocenters. The molecule has 1 amide bonds. The lowest BCUT2D eigenvalue weighted by atomic mass is 10.1. The van der Waals surface area contributed by atoms with Crippen LogP contribution in [0.3, 0.4) is 0 Å². The molecule has 0 saturated heterocycles. The van der Waals surface area contributed by atoms with Crippen molar-refractivity contribution in [1.29, 1.82) is 0 Å². The molecule has 0 fully saturated rings. The maximum Gasteiger partial charge on any atom is 0.234 e. The van der Waals surface area contributed by atoms with E-state index in [1.165, 1.54) is 12.1 Å². The van der Waals surface area contributed by atoms with Crippen molar-refractivity contribution in [3.8, 4) is 0 Å². The Bertz CT molecular complexity index is 441. The summed E-state index contributed by atoms with van der Waals surface area (Å²) in [5.74, 6) is -0.728. The van der Waals surface area contributed by atoms with Gasteiger partial charge >= 0.3 is 0 Å². The molecular weight excluding hydrogens is 271 g/mol. The Hall–Kier alpha value is -1.17. The quantitative estimate of drug-likeness (QED) is 0.745. The third-order valence-electron chi connectivity index (χ3n) is 2.49. The molecule has 1 aromatic carbocycles. The number of carbonyl (C=O) groups excluding carboxylic acids is 1. The van der Waals surface area contributed by atoms with Crippen LogP contribution in [0.5, 0.6) is 0 Å². The number of benzene rings is 1. The summed E-state index contributed by atoms with van der Waals surface area (Å²) >= 11 is 5.59. The van der Waals surface area contributed by atoms with Gasteiger partial charge in [0.25, 0.3) is 0 Å². The molecule has 0 heterocycles. The van der Waals surface area contributed by atoms with Gasteiger partial charge in [-0.25, -0.2) is 4.39 Å². The number of hydrogen-bond donors (Lipinski definition) is 3. The van der Waals surface area contributed by atoms with E-state index in [1.807, 2.05) is 13.8 Å². The molecule has 106 valence electrons. The van der Waals surface area contributed by atoms with Gasteiger partial charge < -0.3 is 10.4 Å². The summed E-state index contributed by atoms with van der Waals surface area (Å²) < 4.78 is 13.3. The zero-order valence-electron chi connectivity index (χ0n) is 10.9. The second-order valence-corrected chi connectivity index (χ2v) is 4.92. The highest BCUT2D eigenvalue weighted by Crippen LogP contribution is 2.19. The number of aliphatic hydroxyl groups is 1. The molecule has 6 heteroatoms. The summed E-state index contributed by atoms with van der Waals surface area (Å²) in [7, 11) is 0. The van der Waals surface area contributed by atoms with Gasteiger partial charge in [-0.05, 0) is 31.5 Å². The topological polar surface area (TPSA) is 61.4 Å². The second-order valence-electron chi connectivity index (χ2n) is 4.51. The highest BCUT2D eigenvalue weighted by atomic mass is 35.5. The predicted molar refractivity (Wildman–Crippen MR) is 72.5 cm³/mol. The summed E-state index contributed by atoms with van der Waals surface area (Å²) in [6.07, 6.45) is 0. The first-order chi connectivity index (χ1) is 8.93. The fourth-order valence-corrected chi connectivity index (χ4v) is 1.72. The summed E-state index contributed by atoms with van der Waals surface area (Å²) in [6.45, 7) is 3.52. The lowest BCUT2D eigenvalue weighted by Gasteiger charge is -2.17. The number of halogens is 2. The predicted octanol–water partition coefficient (Wildman–Crippen LogP) is 1.63. The van der Waals surface area contributed by atoms with Gasteiger partial charge in [0.05, 0.1) is 24.2 Å². The van der Waals surface area contributed by atoms with Crippen LogP contribution in [0.4, 0.5) is 4.39 Å². The lowest BCUT2D eigenvalue weighted by Crippen LogP contribution is -2.39. The van der Waals surface area contributed by atoms with Crippen molar-refractivity contribution in [1.82, 2.24) is 10.6 Å². The van der Waals surface area contributed by atoms with Crippen molar-refractivity contribution < 1.29 is 14.3 Å². The molecule has 0 aliphatic heterocycles. The van der Waals surface area contributed by atoms with Crippen LogP contribution in [-0.2, 0) is 4.79 Å². The molecule has 19 heavy (non-hydrogen) atoms. The van der Waals surface area contributed by atoms with Crippen molar-refractivity contribution >= 4 is 17.5 Å². The second kappa shape index (κ2) is 7.43. The summed E-state index contributed by atoms with van der Waals surface area (Å²) in [5.41, 5.74) is 0.543. The monoisotopic (exact) mass is 288 g/mol. The average molecular weight is 289 g/mol. The van der Waals surface area contributed by atoms with Crippen molar-refractivity contribution in [2.75, 3.05) is 13.2 Å². The fourth-order valence-electron chi connectivity index (χ4n) is 1.61. The fraction of sp³-hybridized carbons (Fsp3) is 0.462. The minimum Gasteiger partial charge on any atom is -0.394 e. The highest BCUT2D eigenvalue weighted by Gasteiger charge is 2.13. The Kier molecular flexibility index (Phi) is 6.21. The molecule has 0 saturated carbocycles.